The van der Waals surface area contributed by atoms with Crippen LogP contribution in [0.1, 0.15) is 39.9 Å². The minimum absolute atomic E-state index is 0.234. The Morgan fingerprint density at radius 3 is 2.39 bits per heavy atom. The summed E-state index contributed by atoms with van der Waals surface area (Å²) in [6.07, 6.45) is 4.19. The Bertz CT molecular complexity index is 1230. The van der Waals surface area contributed by atoms with Crippen LogP contribution in [0.4, 0.5) is 11.5 Å². The predicted molar refractivity (Wildman–Crippen MR) is 130 cm³/mol. The first-order valence-electron chi connectivity index (χ1n) is 11.0. The van der Waals surface area contributed by atoms with Crippen LogP contribution in [-0.2, 0) is 16.6 Å². The summed E-state index contributed by atoms with van der Waals surface area (Å²) >= 11 is 0. The molecule has 1 saturated heterocycles. The van der Waals surface area contributed by atoms with Crippen molar-refractivity contribution in [1.29, 1.82) is 0 Å². The van der Waals surface area contributed by atoms with Crippen molar-refractivity contribution in [3.8, 4) is 0 Å². The maximum atomic E-state index is 12.8. The zero-order chi connectivity index (χ0) is 23.4. The van der Waals surface area contributed by atoms with Crippen LogP contribution < -0.4 is 14.9 Å². The molecule has 1 fully saturated rings. The number of hydrogen-bond acceptors (Lipinski definition) is 5. The zero-order valence-electron chi connectivity index (χ0n) is 18.8. The minimum atomic E-state index is -3.72. The van der Waals surface area contributed by atoms with Gasteiger partial charge in [0.2, 0.25) is 0 Å². The lowest BCUT2D eigenvalue weighted by atomic mass is 10.2. The monoisotopic (exact) mass is 464 g/mol. The van der Waals surface area contributed by atoms with Crippen LogP contribution in [0.2, 0.25) is 0 Å². The second-order valence-electron chi connectivity index (χ2n) is 8.35. The molecular formula is C25H28N4O3S. The van der Waals surface area contributed by atoms with Gasteiger partial charge in [-0.25, -0.2) is 13.4 Å². The predicted octanol–water partition coefficient (Wildman–Crippen LogP) is 4.03. The van der Waals surface area contributed by atoms with Crippen molar-refractivity contribution >= 4 is 27.4 Å². The van der Waals surface area contributed by atoms with Crippen molar-refractivity contribution in [2.75, 3.05) is 22.7 Å². The summed E-state index contributed by atoms with van der Waals surface area (Å²) < 4.78 is 28.1. The van der Waals surface area contributed by atoms with Crippen molar-refractivity contribution in [2.24, 2.45) is 0 Å². The highest BCUT2D eigenvalue weighted by atomic mass is 32.2. The Morgan fingerprint density at radius 2 is 1.73 bits per heavy atom. The van der Waals surface area contributed by atoms with Crippen LogP contribution in [0, 0.1) is 13.8 Å². The zero-order valence-corrected chi connectivity index (χ0v) is 19.7. The third-order valence-electron chi connectivity index (χ3n) is 5.72. The lowest BCUT2D eigenvalue weighted by molar-refractivity contribution is 0.0951. The van der Waals surface area contributed by atoms with Gasteiger partial charge < -0.3 is 10.2 Å². The number of nitrogens with zero attached hydrogens (tertiary/aromatic N) is 2. The second-order valence-corrected chi connectivity index (χ2v) is 10.0. The third-order valence-corrected chi connectivity index (χ3v) is 7.25. The molecule has 4 rings (SSSR count). The van der Waals surface area contributed by atoms with Gasteiger partial charge in [-0.3, -0.25) is 9.52 Å². The van der Waals surface area contributed by atoms with E-state index in [0.717, 1.165) is 30.0 Å². The smallest absolute Gasteiger partial charge is 0.262 e. The number of benzene rings is 2. The number of anilines is 2. The summed E-state index contributed by atoms with van der Waals surface area (Å²) in [6.45, 7) is 6.06. The van der Waals surface area contributed by atoms with Crippen molar-refractivity contribution in [2.45, 2.75) is 38.1 Å². The van der Waals surface area contributed by atoms with Crippen molar-refractivity contribution < 1.29 is 13.2 Å². The highest BCUT2D eigenvalue weighted by molar-refractivity contribution is 7.92. The molecule has 1 aliphatic heterocycles. The average Bonchev–Trinajstić information content (AvgIpc) is 3.34. The largest absolute Gasteiger partial charge is 0.357 e. The number of nitrogens with one attached hydrogen (secondary N) is 2. The van der Waals surface area contributed by atoms with Crippen molar-refractivity contribution in [1.82, 2.24) is 10.3 Å². The molecule has 172 valence electrons. The molecule has 0 unspecified atom stereocenters. The molecule has 2 N–H and O–H groups in total. The van der Waals surface area contributed by atoms with Crippen molar-refractivity contribution in [3.05, 3.63) is 83.0 Å². The SMILES string of the molecule is Cc1ccc(C)c(S(=O)(=O)Nc2ccc(C(=O)NCc3ccc(N4CCCC4)nc3)cc2)c1. The van der Waals surface area contributed by atoms with E-state index in [9.17, 15) is 13.2 Å². The molecule has 7 nitrogen and oxygen atoms in total. The number of pyridine rings is 1. The van der Waals surface area contributed by atoms with Gasteiger partial charge in [0, 0.05) is 37.1 Å². The Morgan fingerprint density at radius 1 is 1.00 bits per heavy atom. The lowest BCUT2D eigenvalue weighted by Crippen LogP contribution is -2.23. The summed E-state index contributed by atoms with van der Waals surface area (Å²) in [5, 5.41) is 2.88. The molecule has 1 amide bonds. The van der Waals surface area contributed by atoms with Crippen LogP contribution in [-0.4, -0.2) is 32.4 Å². The standard InChI is InChI=1S/C25H28N4O3S/c1-18-5-6-19(2)23(15-18)33(31,32)28-22-10-8-21(9-11-22)25(30)27-17-20-7-12-24(26-16-20)29-13-3-4-14-29/h5-12,15-16,28H,3-4,13-14,17H2,1-2H3,(H,27,30). The first-order valence-corrected chi connectivity index (χ1v) is 12.5. The fourth-order valence-corrected chi connectivity index (χ4v) is 5.22. The number of rotatable bonds is 7. The van der Waals surface area contributed by atoms with E-state index in [0.29, 0.717) is 23.4 Å². The van der Waals surface area contributed by atoms with Crippen LogP contribution >= 0.6 is 0 Å². The number of sulfonamides is 1. The number of carbonyl (C=O) groups excluding carboxylic acids is 1. The van der Waals surface area contributed by atoms with E-state index in [1.165, 1.54) is 12.8 Å². The number of hydrogen-bond donors (Lipinski definition) is 2. The van der Waals surface area contributed by atoms with E-state index >= 15 is 0 Å². The fourth-order valence-electron chi connectivity index (χ4n) is 3.84. The first-order chi connectivity index (χ1) is 15.8. The molecular weight excluding hydrogens is 436 g/mol. The lowest BCUT2D eigenvalue weighted by Gasteiger charge is -2.16. The molecule has 2 aromatic carbocycles. The van der Waals surface area contributed by atoms with E-state index in [1.54, 1.807) is 49.5 Å². The van der Waals surface area contributed by atoms with Crippen molar-refractivity contribution in [3.63, 3.8) is 0 Å². The number of aromatic nitrogens is 1. The summed E-state index contributed by atoms with van der Waals surface area (Å²) in [5.41, 5.74) is 3.31. The van der Waals surface area contributed by atoms with Crippen LogP contribution in [0.15, 0.2) is 65.7 Å². The van der Waals surface area contributed by atoms with Gasteiger partial charge in [-0.15, -0.1) is 0 Å². The molecule has 3 aromatic rings. The molecule has 2 heterocycles. The Kier molecular flexibility index (Phi) is 6.65. The third kappa shape index (κ3) is 5.51. The first kappa shape index (κ1) is 22.8. The van der Waals surface area contributed by atoms with Gasteiger partial charge in [0.25, 0.3) is 15.9 Å². The molecule has 0 saturated carbocycles. The Hall–Kier alpha value is -3.39. The molecule has 8 heteroatoms. The van der Waals surface area contributed by atoms with Gasteiger partial charge in [-0.2, -0.15) is 0 Å². The average molecular weight is 465 g/mol. The highest BCUT2D eigenvalue weighted by Crippen LogP contribution is 2.21. The highest BCUT2D eigenvalue weighted by Gasteiger charge is 2.17. The quantitative estimate of drug-likeness (QED) is 0.551. The van der Waals surface area contributed by atoms with Gasteiger partial charge >= 0.3 is 0 Å². The van der Waals surface area contributed by atoms with Gasteiger partial charge in [-0.1, -0.05) is 18.2 Å². The molecule has 0 spiro atoms. The molecule has 1 aliphatic rings. The van der Waals surface area contributed by atoms with E-state index in [-0.39, 0.29) is 10.8 Å². The molecule has 1 aromatic heterocycles. The molecule has 0 atom stereocenters. The van der Waals surface area contributed by atoms with E-state index in [1.807, 2.05) is 25.1 Å². The molecule has 33 heavy (non-hydrogen) atoms. The summed E-state index contributed by atoms with van der Waals surface area (Å²) in [7, 11) is -3.72. The maximum absolute atomic E-state index is 12.8. The molecule has 0 aliphatic carbocycles. The van der Waals surface area contributed by atoms with Gasteiger partial charge in [-0.05, 0) is 79.8 Å². The summed E-state index contributed by atoms with van der Waals surface area (Å²) in [4.78, 5) is 19.5. The van der Waals surface area contributed by atoms with Crippen LogP contribution in [0.3, 0.4) is 0 Å². The van der Waals surface area contributed by atoms with E-state index in [2.05, 4.69) is 19.9 Å². The van der Waals surface area contributed by atoms with E-state index < -0.39 is 10.0 Å². The Balaban J connectivity index is 1.35. The second kappa shape index (κ2) is 9.62. The van der Waals surface area contributed by atoms with Gasteiger partial charge in [0.15, 0.2) is 0 Å². The van der Waals surface area contributed by atoms with Crippen LogP contribution in [0.25, 0.3) is 0 Å². The van der Waals surface area contributed by atoms with Gasteiger partial charge in [0.05, 0.1) is 4.90 Å². The Labute approximate surface area is 194 Å². The number of carbonyl (C=O) groups is 1. The number of aryl methyl sites for hydroxylation is 2. The fraction of sp³-hybridized carbons (Fsp3) is 0.280. The summed E-state index contributed by atoms with van der Waals surface area (Å²) in [5.74, 6) is 0.740. The van der Waals surface area contributed by atoms with E-state index in [4.69, 9.17) is 0 Å². The maximum Gasteiger partial charge on any atom is 0.262 e. The normalized spacial score (nSPS) is 13.7. The number of amides is 1. The molecule has 0 radical (unpaired) electrons. The van der Waals surface area contributed by atoms with Gasteiger partial charge in [0.1, 0.15) is 5.82 Å². The summed E-state index contributed by atoms with van der Waals surface area (Å²) in [6, 6.07) is 15.7. The molecule has 0 bridgehead atoms. The minimum Gasteiger partial charge on any atom is -0.357 e. The van der Waals surface area contributed by atoms with Crippen LogP contribution in [0.5, 0.6) is 0 Å². The topological polar surface area (TPSA) is 91.4 Å².